The molecule has 0 radical (unpaired) electrons. The summed E-state index contributed by atoms with van der Waals surface area (Å²) in [6, 6.07) is 14.2. The van der Waals surface area contributed by atoms with Crippen molar-refractivity contribution in [2.24, 2.45) is 0 Å². The Hall–Kier alpha value is -2.99. The van der Waals surface area contributed by atoms with E-state index in [1.165, 1.54) is 18.3 Å². The molecule has 0 aliphatic heterocycles. The number of halogens is 1. The van der Waals surface area contributed by atoms with Crippen LogP contribution in [0.5, 0.6) is 0 Å². The van der Waals surface area contributed by atoms with E-state index in [9.17, 15) is 9.18 Å². The van der Waals surface area contributed by atoms with Gasteiger partial charge in [-0.2, -0.15) is 5.10 Å². The van der Waals surface area contributed by atoms with E-state index >= 15 is 0 Å². The lowest BCUT2D eigenvalue weighted by atomic mass is 10.1. The molecule has 3 rings (SSSR count). The van der Waals surface area contributed by atoms with Crippen LogP contribution in [0.1, 0.15) is 27.0 Å². The zero-order valence-corrected chi connectivity index (χ0v) is 13.5. The number of hydrogen-bond acceptors (Lipinski definition) is 3. The third-order valence-corrected chi connectivity index (χ3v) is 3.82. The fourth-order valence-corrected chi connectivity index (χ4v) is 2.48. The highest BCUT2D eigenvalue weighted by Gasteiger charge is 2.09. The first-order valence-electron chi connectivity index (χ1n) is 7.88. The summed E-state index contributed by atoms with van der Waals surface area (Å²) in [7, 11) is 0. The van der Waals surface area contributed by atoms with Gasteiger partial charge in [-0.05, 0) is 23.3 Å². The molecule has 2 aromatic carbocycles. The van der Waals surface area contributed by atoms with Gasteiger partial charge < -0.3 is 10.4 Å². The molecule has 5 nitrogen and oxygen atoms in total. The Labute approximate surface area is 144 Å². The van der Waals surface area contributed by atoms with Crippen molar-refractivity contribution in [1.82, 2.24) is 15.1 Å². The quantitative estimate of drug-likeness (QED) is 0.725. The number of carbonyl (C=O) groups is 1. The number of hydrogen-bond donors (Lipinski definition) is 2. The molecule has 0 spiro atoms. The van der Waals surface area contributed by atoms with Crippen LogP contribution >= 0.6 is 0 Å². The van der Waals surface area contributed by atoms with Gasteiger partial charge in [0, 0.05) is 18.3 Å². The molecule has 0 bridgehead atoms. The Kier molecular flexibility index (Phi) is 5.20. The molecule has 0 atom stereocenters. The molecule has 6 heteroatoms. The van der Waals surface area contributed by atoms with Crippen LogP contribution in [0.25, 0.3) is 0 Å². The van der Waals surface area contributed by atoms with Crippen LogP contribution in [0, 0.1) is 5.82 Å². The van der Waals surface area contributed by atoms with Gasteiger partial charge in [-0.1, -0.05) is 36.4 Å². The Bertz CT molecular complexity index is 862. The van der Waals surface area contributed by atoms with Crippen molar-refractivity contribution in [1.29, 1.82) is 0 Å². The topological polar surface area (TPSA) is 67.2 Å². The van der Waals surface area contributed by atoms with Crippen LogP contribution in [0.3, 0.4) is 0 Å². The van der Waals surface area contributed by atoms with Crippen molar-refractivity contribution in [3.63, 3.8) is 0 Å². The van der Waals surface area contributed by atoms with E-state index in [0.717, 1.165) is 11.1 Å². The zero-order chi connectivity index (χ0) is 17.6. The summed E-state index contributed by atoms with van der Waals surface area (Å²) in [4.78, 5) is 12.2. The Balaban J connectivity index is 1.60. The number of amides is 1. The lowest BCUT2D eigenvalue weighted by Gasteiger charge is -2.06. The SMILES string of the molecule is O=C(NCc1ccc(F)c(CO)c1)c1cnn(Cc2ccccc2)c1. The number of carbonyl (C=O) groups excluding carboxylic acids is 1. The minimum Gasteiger partial charge on any atom is -0.392 e. The van der Waals surface area contributed by atoms with Crippen molar-refractivity contribution < 1.29 is 14.3 Å². The number of aliphatic hydroxyl groups excluding tert-OH is 1. The molecule has 0 fully saturated rings. The van der Waals surface area contributed by atoms with Gasteiger partial charge in [0.05, 0.1) is 24.9 Å². The van der Waals surface area contributed by atoms with E-state index in [1.807, 2.05) is 30.3 Å². The molecule has 2 N–H and O–H groups in total. The molecular weight excluding hydrogens is 321 g/mol. The third-order valence-electron chi connectivity index (χ3n) is 3.82. The van der Waals surface area contributed by atoms with E-state index in [2.05, 4.69) is 10.4 Å². The van der Waals surface area contributed by atoms with Crippen LogP contribution < -0.4 is 5.32 Å². The predicted octanol–water partition coefficient (Wildman–Crippen LogP) is 2.49. The maximum atomic E-state index is 13.4. The molecule has 1 heterocycles. The molecular formula is C19H18FN3O2. The normalized spacial score (nSPS) is 10.6. The monoisotopic (exact) mass is 339 g/mol. The summed E-state index contributed by atoms with van der Waals surface area (Å²) in [6.07, 6.45) is 3.20. The molecule has 128 valence electrons. The average molecular weight is 339 g/mol. The van der Waals surface area contributed by atoms with E-state index in [1.54, 1.807) is 16.9 Å². The number of benzene rings is 2. The summed E-state index contributed by atoms with van der Waals surface area (Å²) in [5.41, 5.74) is 2.48. The molecule has 25 heavy (non-hydrogen) atoms. The minimum atomic E-state index is -0.459. The van der Waals surface area contributed by atoms with E-state index in [0.29, 0.717) is 12.1 Å². The molecule has 0 aliphatic rings. The molecule has 1 amide bonds. The van der Waals surface area contributed by atoms with Crippen LogP contribution in [-0.2, 0) is 19.7 Å². The van der Waals surface area contributed by atoms with E-state index in [4.69, 9.17) is 5.11 Å². The fourth-order valence-electron chi connectivity index (χ4n) is 2.48. The zero-order valence-electron chi connectivity index (χ0n) is 13.5. The van der Waals surface area contributed by atoms with Gasteiger partial charge in [-0.15, -0.1) is 0 Å². The van der Waals surface area contributed by atoms with E-state index in [-0.39, 0.29) is 24.6 Å². The average Bonchev–Trinajstić information content (AvgIpc) is 3.10. The second-order valence-electron chi connectivity index (χ2n) is 5.68. The number of nitrogens with zero attached hydrogens (tertiary/aromatic N) is 2. The Morgan fingerprint density at radius 3 is 2.72 bits per heavy atom. The molecule has 3 aromatic rings. The van der Waals surface area contributed by atoms with Crippen LogP contribution in [0.2, 0.25) is 0 Å². The van der Waals surface area contributed by atoms with Crippen molar-refractivity contribution in [2.75, 3.05) is 0 Å². The number of aliphatic hydroxyl groups is 1. The van der Waals surface area contributed by atoms with Crippen LogP contribution in [-0.4, -0.2) is 20.8 Å². The summed E-state index contributed by atoms with van der Waals surface area (Å²) in [5.74, 6) is -0.714. The van der Waals surface area contributed by atoms with Gasteiger partial charge in [-0.25, -0.2) is 4.39 Å². The lowest BCUT2D eigenvalue weighted by molar-refractivity contribution is 0.0951. The maximum absolute atomic E-state index is 13.4. The van der Waals surface area contributed by atoms with Crippen molar-refractivity contribution in [3.05, 3.63) is 89.0 Å². The first kappa shape index (κ1) is 16.9. The summed E-state index contributed by atoms with van der Waals surface area (Å²) in [5, 5.41) is 16.1. The first-order valence-corrected chi connectivity index (χ1v) is 7.88. The van der Waals surface area contributed by atoms with Crippen LogP contribution in [0.4, 0.5) is 4.39 Å². The smallest absolute Gasteiger partial charge is 0.254 e. The Morgan fingerprint density at radius 1 is 1.16 bits per heavy atom. The number of aromatic nitrogens is 2. The highest BCUT2D eigenvalue weighted by Crippen LogP contribution is 2.11. The second-order valence-corrected chi connectivity index (χ2v) is 5.68. The predicted molar refractivity (Wildman–Crippen MR) is 91.3 cm³/mol. The van der Waals surface area contributed by atoms with E-state index < -0.39 is 5.82 Å². The summed E-state index contributed by atoms with van der Waals surface area (Å²) in [6.45, 7) is 0.460. The molecule has 1 aromatic heterocycles. The number of nitrogens with one attached hydrogen (secondary N) is 1. The van der Waals surface area contributed by atoms with Crippen molar-refractivity contribution in [2.45, 2.75) is 19.7 Å². The van der Waals surface area contributed by atoms with Crippen LogP contribution in [0.15, 0.2) is 60.9 Å². The van der Waals surface area contributed by atoms with Crippen molar-refractivity contribution >= 4 is 5.91 Å². The third kappa shape index (κ3) is 4.30. The largest absolute Gasteiger partial charge is 0.392 e. The summed E-state index contributed by atoms with van der Waals surface area (Å²) < 4.78 is 15.1. The van der Waals surface area contributed by atoms with Gasteiger partial charge in [0.2, 0.25) is 0 Å². The van der Waals surface area contributed by atoms with Gasteiger partial charge in [0.15, 0.2) is 0 Å². The molecule has 0 saturated heterocycles. The summed E-state index contributed by atoms with van der Waals surface area (Å²) >= 11 is 0. The fraction of sp³-hybridized carbons (Fsp3) is 0.158. The molecule has 0 saturated carbocycles. The highest BCUT2D eigenvalue weighted by molar-refractivity contribution is 5.93. The lowest BCUT2D eigenvalue weighted by Crippen LogP contribution is -2.22. The standard InChI is InChI=1S/C19H18FN3O2/c20-18-7-6-15(8-16(18)13-24)9-21-19(25)17-10-22-23(12-17)11-14-4-2-1-3-5-14/h1-8,10,12,24H,9,11,13H2,(H,21,25). The Morgan fingerprint density at radius 2 is 1.96 bits per heavy atom. The van der Waals surface area contributed by atoms with Crippen molar-refractivity contribution in [3.8, 4) is 0 Å². The molecule has 0 aliphatic carbocycles. The minimum absolute atomic E-state index is 0.211. The maximum Gasteiger partial charge on any atom is 0.254 e. The second kappa shape index (κ2) is 7.72. The van der Waals surface area contributed by atoms with Gasteiger partial charge in [0.1, 0.15) is 5.82 Å². The number of rotatable bonds is 6. The first-order chi connectivity index (χ1) is 12.2. The van der Waals surface area contributed by atoms with Gasteiger partial charge in [-0.3, -0.25) is 9.48 Å². The van der Waals surface area contributed by atoms with Gasteiger partial charge in [0.25, 0.3) is 5.91 Å². The highest BCUT2D eigenvalue weighted by atomic mass is 19.1. The molecule has 0 unspecified atom stereocenters. The van der Waals surface area contributed by atoms with Gasteiger partial charge >= 0.3 is 0 Å².